The Morgan fingerprint density at radius 1 is 1.13 bits per heavy atom. The molecule has 4 rings (SSSR count). The Hall–Kier alpha value is -3.29. The number of hydrogen-bond acceptors (Lipinski definition) is 5. The number of carbonyl (C=O) groups is 3. The largest absolute Gasteiger partial charge is 0.457 e. The molecule has 3 amide bonds. The van der Waals surface area contributed by atoms with Crippen LogP contribution < -0.4 is 5.32 Å². The minimum Gasteiger partial charge on any atom is -0.457 e. The lowest BCUT2D eigenvalue weighted by Crippen LogP contribution is -2.36. The normalized spacial score (nSPS) is 15.0. The Labute approximate surface area is 187 Å². The van der Waals surface area contributed by atoms with Crippen molar-refractivity contribution in [2.45, 2.75) is 6.92 Å². The number of amides is 3. The van der Waals surface area contributed by atoms with E-state index in [1.165, 1.54) is 6.08 Å². The number of anilines is 1. The van der Waals surface area contributed by atoms with Crippen LogP contribution in [0.15, 0.2) is 70.0 Å². The van der Waals surface area contributed by atoms with Gasteiger partial charge in [-0.3, -0.25) is 19.3 Å². The van der Waals surface area contributed by atoms with Gasteiger partial charge in [-0.2, -0.15) is 0 Å². The zero-order valence-corrected chi connectivity index (χ0v) is 18.0. The highest BCUT2D eigenvalue weighted by atomic mass is 35.5. The van der Waals surface area contributed by atoms with Crippen molar-refractivity contribution in [1.29, 1.82) is 0 Å². The lowest BCUT2D eigenvalue weighted by molar-refractivity contribution is -0.127. The summed E-state index contributed by atoms with van der Waals surface area (Å²) < 4.78 is 5.84. The van der Waals surface area contributed by atoms with E-state index in [0.29, 0.717) is 22.2 Å². The first-order valence-corrected chi connectivity index (χ1v) is 10.6. The predicted molar refractivity (Wildman–Crippen MR) is 122 cm³/mol. The Morgan fingerprint density at radius 3 is 2.68 bits per heavy atom. The third-order valence-corrected chi connectivity index (χ3v) is 5.74. The number of aryl methyl sites for hydroxylation is 1. The molecule has 1 aromatic heterocycles. The first-order chi connectivity index (χ1) is 14.9. The molecule has 0 spiro atoms. The molecule has 1 fully saturated rings. The van der Waals surface area contributed by atoms with Gasteiger partial charge in [-0.15, -0.1) is 0 Å². The Balaban J connectivity index is 1.48. The highest BCUT2D eigenvalue weighted by molar-refractivity contribution is 8.18. The molecule has 1 saturated heterocycles. The number of hydrogen-bond donors (Lipinski definition) is 1. The van der Waals surface area contributed by atoms with Gasteiger partial charge in [0.25, 0.3) is 11.1 Å². The monoisotopic (exact) mass is 452 g/mol. The van der Waals surface area contributed by atoms with E-state index in [0.717, 1.165) is 27.8 Å². The summed E-state index contributed by atoms with van der Waals surface area (Å²) in [6, 6.07) is 17.8. The molecule has 156 valence electrons. The lowest BCUT2D eigenvalue weighted by Gasteiger charge is -2.12. The summed E-state index contributed by atoms with van der Waals surface area (Å²) in [4.78, 5) is 38.3. The summed E-state index contributed by atoms with van der Waals surface area (Å²) in [5, 5.41) is 2.75. The zero-order chi connectivity index (χ0) is 22.0. The van der Waals surface area contributed by atoms with E-state index in [-0.39, 0.29) is 11.4 Å². The summed E-state index contributed by atoms with van der Waals surface area (Å²) in [5.41, 5.74) is 2.43. The van der Waals surface area contributed by atoms with Crippen LogP contribution in [0.1, 0.15) is 11.3 Å². The second-order valence-corrected chi connectivity index (χ2v) is 8.27. The van der Waals surface area contributed by atoms with Crippen molar-refractivity contribution in [2.24, 2.45) is 0 Å². The van der Waals surface area contributed by atoms with Crippen LogP contribution in [-0.2, 0) is 9.59 Å². The summed E-state index contributed by atoms with van der Waals surface area (Å²) in [6.07, 6.45) is 1.50. The number of rotatable bonds is 5. The van der Waals surface area contributed by atoms with Crippen LogP contribution in [0.4, 0.5) is 10.5 Å². The molecule has 0 radical (unpaired) electrons. The maximum atomic E-state index is 12.7. The molecule has 0 aliphatic carbocycles. The predicted octanol–water partition coefficient (Wildman–Crippen LogP) is 5.58. The highest BCUT2D eigenvalue weighted by Gasteiger charge is 2.36. The van der Waals surface area contributed by atoms with Gasteiger partial charge in [0.1, 0.15) is 18.1 Å². The molecule has 2 aromatic carbocycles. The highest BCUT2D eigenvalue weighted by Crippen LogP contribution is 2.34. The molecule has 2 heterocycles. The maximum Gasteiger partial charge on any atom is 0.294 e. The first kappa shape index (κ1) is 21.0. The summed E-state index contributed by atoms with van der Waals surface area (Å²) in [5.74, 6) is 0.0443. The van der Waals surface area contributed by atoms with Crippen molar-refractivity contribution in [3.05, 3.63) is 81.9 Å². The molecule has 3 aromatic rings. The fraction of sp³-hybridized carbons (Fsp3) is 0.0870. The molecule has 1 aliphatic rings. The van der Waals surface area contributed by atoms with E-state index in [4.69, 9.17) is 16.0 Å². The fourth-order valence-corrected chi connectivity index (χ4v) is 4.06. The molecule has 1 N–H and O–H groups in total. The number of carbonyl (C=O) groups excluding carboxylic acids is 3. The number of para-hydroxylation sites is 1. The lowest BCUT2D eigenvalue weighted by atomic mass is 10.1. The number of nitrogens with one attached hydrogen (secondary N) is 1. The minimum atomic E-state index is -0.532. The van der Waals surface area contributed by atoms with Gasteiger partial charge in [0.2, 0.25) is 5.91 Å². The average molecular weight is 453 g/mol. The molecule has 0 saturated carbocycles. The number of imide groups is 1. The smallest absolute Gasteiger partial charge is 0.294 e. The van der Waals surface area contributed by atoms with Crippen molar-refractivity contribution in [2.75, 3.05) is 11.9 Å². The molecule has 31 heavy (non-hydrogen) atoms. The molecule has 1 aliphatic heterocycles. The second-order valence-electron chi connectivity index (χ2n) is 6.84. The SMILES string of the molecule is Cc1ccc(Cl)cc1-c1ccc(/C=C2\SC(=O)N(CC(=O)Nc3ccccc3)C2=O)o1. The molecule has 0 unspecified atom stereocenters. The number of nitrogens with zero attached hydrogens (tertiary/aromatic N) is 1. The van der Waals surface area contributed by atoms with Crippen LogP contribution in [0.2, 0.25) is 5.02 Å². The number of furan rings is 1. The van der Waals surface area contributed by atoms with Crippen LogP contribution in [0.25, 0.3) is 17.4 Å². The van der Waals surface area contributed by atoms with Crippen molar-refractivity contribution < 1.29 is 18.8 Å². The third-order valence-electron chi connectivity index (χ3n) is 4.60. The van der Waals surface area contributed by atoms with Crippen molar-refractivity contribution in [3.63, 3.8) is 0 Å². The molecular weight excluding hydrogens is 436 g/mol. The van der Waals surface area contributed by atoms with Gasteiger partial charge in [-0.1, -0.05) is 35.9 Å². The molecule has 0 bridgehead atoms. The van der Waals surface area contributed by atoms with Crippen LogP contribution in [-0.4, -0.2) is 28.5 Å². The molecular formula is C23H17ClN2O4S. The van der Waals surface area contributed by atoms with Gasteiger partial charge in [-0.05, 0) is 60.6 Å². The van der Waals surface area contributed by atoms with Crippen LogP contribution >= 0.6 is 23.4 Å². The summed E-state index contributed by atoms with van der Waals surface area (Å²) in [6.45, 7) is 1.59. The van der Waals surface area contributed by atoms with E-state index >= 15 is 0 Å². The van der Waals surface area contributed by atoms with Gasteiger partial charge in [0.05, 0.1) is 4.91 Å². The van der Waals surface area contributed by atoms with Gasteiger partial charge >= 0.3 is 0 Å². The van der Waals surface area contributed by atoms with Crippen molar-refractivity contribution in [1.82, 2.24) is 4.90 Å². The maximum absolute atomic E-state index is 12.7. The molecule has 0 atom stereocenters. The fourth-order valence-electron chi connectivity index (χ4n) is 3.07. The van der Waals surface area contributed by atoms with E-state index in [1.807, 2.05) is 19.1 Å². The van der Waals surface area contributed by atoms with E-state index in [1.54, 1.807) is 48.5 Å². The Bertz CT molecular complexity index is 1200. The number of benzene rings is 2. The summed E-state index contributed by atoms with van der Waals surface area (Å²) in [7, 11) is 0. The molecule has 6 nitrogen and oxygen atoms in total. The molecule has 8 heteroatoms. The number of halogens is 1. The topological polar surface area (TPSA) is 79.6 Å². The standard InChI is InChI=1S/C23H17ClN2O4S/c1-14-7-8-15(24)11-18(14)19-10-9-17(30-19)12-20-22(28)26(23(29)31-20)13-21(27)25-16-5-3-2-4-6-16/h2-12H,13H2,1H3,(H,25,27)/b20-12-. The Kier molecular flexibility index (Phi) is 5.97. The summed E-state index contributed by atoms with van der Waals surface area (Å²) >= 11 is 6.85. The van der Waals surface area contributed by atoms with Crippen LogP contribution in [0, 0.1) is 6.92 Å². The van der Waals surface area contributed by atoms with Gasteiger partial charge < -0.3 is 9.73 Å². The van der Waals surface area contributed by atoms with Crippen molar-refractivity contribution >= 4 is 52.2 Å². The van der Waals surface area contributed by atoms with E-state index in [2.05, 4.69) is 5.32 Å². The minimum absolute atomic E-state index is 0.196. The quantitative estimate of drug-likeness (QED) is 0.511. The van der Waals surface area contributed by atoms with E-state index in [9.17, 15) is 14.4 Å². The van der Waals surface area contributed by atoms with Gasteiger partial charge in [0.15, 0.2) is 0 Å². The second kappa shape index (κ2) is 8.83. The van der Waals surface area contributed by atoms with Crippen molar-refractivity contribution in [3.8, 4) is 11.3 Å². The van der Waals surface area contributed by atoms with Crippen LogP contribution in [0.5, 0.6) is 0 Å². The van der Waals surface area contributed by atoms with Crippen LogP contribution in [0.3, 0.4) is 0 Å². The first-order valence-electron chi connectivity index (χ1n) is 9.37. The Morgan fingerprint density at radius 2 is 1.90 bits per heavy atom. The van der Waals surface area contributed by atoms with Gasteiger partial charge in [0, 0.05) is 22.3 Å². The van der Waals surface area contributed by atoms with E-state index < -0.39 is 17.1 Å². The average Bonchev–Trinajstić information content (AvgIpc) is 3.31. The zero-order valence-electron chi connectivity index (χ0n) is 16.4. The van der Waals surface area contributed by atoms with Gasteiger partial charge in [-0.25, -0.2) is 0 Å². The number of thioether (sulfide) groups is 1. The third kappa shape index (κ3) is 4.73.